The minimum absolute atomic E-state index is 0.308. The standard InChI is InChI=1S/C20H24N2O4S2/c1-27(23,24)21-19-9-4-10-20-18(19)8-5-13-22(20)28(25,26)17-12-11-15-6-2-3-7-16(15)14-17/h4,9-12,14,21H,2-3,5-8,13H2,1H3. The van der Waals surface area contributed by atoms with Crippen molar-refractivity contribution in [1.82, 2.24) is 0 Å². The van der Waals surface area contributed by atoms with Gasteiger partial charge >= 0.3 is 0 Å². The van der Waals surface area contributed by atoms with E-state index < -0.39 is 20.0 Å². The molecule has 4 rings (SSSR count). The van der Waals surface area contributed by atoms with E-state index in [0.717, 1.165) is 43.1 Å². The first kappa shape index (κ1) is 19.3. The Balaban J connectivity index is 1.76. The van der Waals surface area contributed by atoms with Crippen LogP contribution in [0.25, 0.3) is 0 Å². The number of anilines is 2. The molecule has 0 fully saturated rings. The predicted octanol–water partition coefficient (Wildman–Crippen LogP) is 3.08. The van der Waals surface area contributed by atoms with Gasteiger partial charge in [0.25, 0.3) is 10.0 Å². The quantitative estimate of drug-likeness (QED) is 0.824. The van der Waals surface area contributed by atoms with Gasteiger partial charge in [-0.2, -0.15) is 0 Å². The third-order valence-electron chi connectivity index (χ3n) is 5.41. The van der Waals surface area contributed by atoms with Gasteiger partial charge in [-0.05, 0) is 73.9 Å². The number of nitrogens with one attached hydrogen (secondary N) is 1. The van der Waals surface area contributed by atoms with Crippen molar-refractivity contribution < 1.29 is 16.8 Å². The molecular formula is C20H24N2O4S2. The van der Waals surface area contributed by atoms with E-state index in [1.54, 1.807) is 24.3 Å². The Hall–Kier alpha value is -2.06. The molecule has 0 radical (unpaired) electrons. The average Bonchev–Trinajstić information content (AvgIpc) is 2.66. The molecule has 1 N–H and O–H groups in total. The molecule has 6 nitrogen and oxygen atoms in total. The van der Waals surface area contributed by atoms with E-state index in [4.69, 9.17) is 0 Å². The highest BCUT2D eigenvalue weighted by molar-refractivity contribution is 7.93. The molecule has 8 heteroatoms. The molecule has 1 aliphatic heterocycles. The van der Waals surface area contributed by atoms with Crippen LogP contribution < -0.4 is 9.03 Å². The molecule has 150 valence electrons. The van der Waals surface area contributed by atoms with Gasteiger partial charge in [0.05, 0.1) is 22.5 Å². The van der Waals surface area contributed by atoms with Crippen molar-refractivity contribution in [1.29, 1.82) is 0 Å². The van der Waals surface area contributed by atoms with Crippen molar-refractivity contribution >= 4 is 31.4 Å². The maximum Gasteiger partial charge on any atom is 0.264 e. The van der Waals surface area contributed by atoms with Gasteiger partial charge in [-0.3, -0.25) is 9.03 Å². The fourth-order valence-electron chi connectivity index (χ4n) is 4.13. The second-order valence-corrected chi connectivity index (χ2v) is 11.1. The smallest absolute Gasteiger partial charge is 0.264 e. The number of sulfonamides is 2. The van der Waals surface area contributed by atoms with E-state index in [-0.39, 0.29) is 0 Å². The van der Waals surface area contributed by atoms with Crippen LogP contribution in [0.5, 0.6) is 0 Å². The van der Waals surface area contributed by atoms with Crippen molar-refractivity contribution in [3.63, 3.8) is 0 Å². The molecule has 0 saturated heterocycles. The number of hydrogen-bond acceptors (Lipinski definition) is 4. The third-order valence-corrected chi connectivity index (χ3v) is 7.81. The van der Waals surface area contributed by atoms with Crippen LogP contribution in [0, 0.1) is 0 Å². The van der Waals surface area contributed by atoms with Crippen LogP contribution in [0.1, 0.15) is 36.0 Å². The van der Waals surface area contributed by atoms with E-state index in [0.29, 0.717) is 35.7 Å². The lowest BCUT2D eigenvalue weighted by molar-refractivity contribution is 0.586. The fourth-order valence-corrected chi connectivity index (χ4v) is 6.31. The first-order valence-corrected chi connectivity index (χ1v) is 12.8. The van der Waals surface area contributed by atoms with Crippen LogP contribution in [0.4, 0.5) is 11.4 Å². The first-order valence-electron chi connectivity index (χ1n) is 9.50. The van der Waals surface area contributed by atoms with E-state index in [9.17, 15) is 16.8 Å². The normalized spacial score (nSPS) is 17.0. The molecule has 2 aromatic rings. The Morgan fingerprint density at radius 3 is 2.39 bits per heavy atom. The maximum absolute atomic E-state index is 13.4. The minimum atomic E-state index is -3.71. The molecule has 0 unspecified atom stereocenters. The number of fused-ring (bicyclic) bond motifs is 2. The van der Waals surface area contributed by atoms with Crippen molar-refractivity contribution in [3.05, 3.63) is 53.1 Å². The maximum atomic E-state index is 13.4. The lowest BCUT2D eigenvalue weighted by Crippen LogP contribution is -2.36. The monoisotopic (exact) mass is 420 g/mol. The minimum Gasteiger partial charge on any atom is -0.283 e. The Morgan fingerprint density at radius 1 is 0.893 bits per heavy atom. The summed E-state index contributed by atoms with van der Waals surface area (Å²) in [5.41, 5.74) is 4.09. The summed E-state index contributed by atoms with van der Waals surface area (Å²) in [6.07, 6.45) is 6.51. The highest BCUT2D eigenvalue weighted by Gasteiger charge is 2.31. The van der Waals surface area contributed by atoms with Crippen LogP contribution >= 0.6 is 0 Å². The molecule has 2 aromatic carbocycles. The van der Waals surface area contributed by atoms with Gasteiger partial charge in [-0.25, -0.2) is 16.8 Å². The zero-order valence-electron chi connectivity index (χ0n) is 15.8. The molecule has 0 bridgehead atoms. The zero-order chi connectivity index (χ0) is 19.9. The van der Waals surface area contributed by atoms with Crippen LogP contribution in [-0.4, -0.2) is 29.6 Å². The Bertz CT molecular complexity index is 1120. The number of nitrogens with zero attached hydrogens (tertiary/aromatic N) is 1. The van der Waals surface area contributed by atoms with E-state index in [1.807, 2.05) is 12.1 Å². The second kappa shape index (κ2) is 7.08. The molecule has 0 amide bonds. The van der Waals surface area contributed by atoms with Crippen LogP contribution in [0.15, 0.2) is 41.3 Å². The molecule has 2 aliphatic rings. The topological polar surface area (TPSA) is 83.6 Å². The predicted molar refractivity (Wildman–Crippen MR) is 111 cm³/mol. The third kappa shape index (κ3) is 3.63. The van der Waals surface area contributed by atoms with Gasteiger partial charge in [0.2, 0.25) is 10.0 Å². The van der Waals surface area contributed by atoms with Crippen LogP contribution in [-0.2, 0) is 39.3 Å². The van der Waals surface area contributed by atoms with E-state index in [2.05, 4.69) is 4.72 Å². The molecular weight excluding hydrogens is 396 g/mol. The second-order valence-electron chi connectivity index (χ2n) is 7.50. The van der Waals surface area contributed by atoms with Crippen LogP contribution in [0.3, 0.4) is 0 Å². The zero-order valence-corrected chi connectivity index (χ0v) is 17.4. The summed E-state index contributed by atoms with van der Waals surface area (Å²) in [5.74, 6) is 0. The summed E-state index contributed by atoms with van der Waals surface area (Å²) >= 11 is 0. The summed E-state index contributed by atoms with van der Waals surface area (Å²) in [7, 11) is -7.16. The van der Waals surface area contributed by atoms with Crippen molar-refractivity contribution in [2.24, 2.45) is 0 Å². The van der Waals surface area contributed by atoms with Gasteiger partial charge in [0.1, 0.15) is 0 Å². The lowest BCUT2D eigenvalue weighted by Gasteiger charge is -2.32. The Morgan fingerprint density at radius 2 is 1.64 bits per heavy atom. The summed E-state index contributed by atoms with van der Waals surface area (Å²) < 4.78 is 54.1. The fraction of sp³-hybridized carbons (Fsp3) is 0.400. The van der Waals surface area contributed by atoms with Gasteiger partial charge in [-0.1, -0.05) is 12.1 Å². The summed E-state index contributed by atoms with van der Waals surface area (Å²) in [6.45, 7) is 0.384. The SMILES string of the molecule is CS(=O)(=O)Nc1cccc2c1CCCN2S(=O)(=O)c1ccc2c(c1)CCCC2. The van der Waals surface area contributed by atoms with Crippen molar-refractivity contribution in [2.45, 2.75) is 43.4 Å². The largest absolute Gasteiger partial charge is 0.283 e. The van der Waals surface area contributed by atoms with Gasteiger partial charge < -0.3 is 0 Å². The summed E-state index contributed by atoms with van der Waals surface area (Å²) in [6, 6.07) is 10.6. The number of benzene rings is 2. The molecule has 1 aliphatic carbocycles. The molecule has 0 atom stereocenters. The molecule has 0 saturated carbocycles. The Labute approximate surface area is 166 Å². The van der Waals surface area contributed by atoms with Gasteiger partial charge in [0, 0.05) is 12.1 Å². The molecule has 28 heavy (non-hydrogen) atoms. The molecule has 0 aromatic heterocycles. The van der Waals surface area contributed by atoms with Gasteiger partial charge in [0.15, 0.2) is 0 Å². The van der Waals surface area contributed by atoms with E-state index in [1.165, 1.54) is 9.87 Å². The number of rotatable bonds is 4. The highest BCUT2D eigenvalue weighted by atomic mass is 32.2. The van der Waals surface area contributed by atoms with Crippen LogP contribution in [0.2, 0.25) is 0 Å². The summed E-state index contributed by atoms with van der Waals surface area (Å²) in [4.78, 5) is 0.308. The lowest BCUT2D eigenvalue weighted by atomic mass is 9.92. The summed E-state index contributed by atoms with van der Waals surface area (Å²) in [5, 5.41) is 0. The van der Waals surface area contributed by atoms with Crippen molar-refractivity contribution in [2.75, 3.05) is 21.8 Å². The highest BCUT2D eigenvalue weighted by Crippen LogP contribution is 2.37. The average molecular weight is 421 g/mol. The van der Waals surface area contributed by atoms with Crippen molar-refractivity contribution in [3.8, 4) is 0 Å². The molecule has 0 spiro atoms. The Kier molecular flexibility index (Phi) is 4.87. The molecule has 1 heterocycles. The first-order chi connectivity index (χ1) is 13.3. The number of hydrogen-bond donors (Lipinski definition) is 1. The van der Waals surface area contributed by atoms with Gasteiger partial charge in [-0.15, -0.1) is 0 Å². The number of aryl methyl sites for hydroxylation is 2. The van der Waals surface area contributed by atoms with E-state index >= 15 is 0 Å².